The molecule has 0 unspecified atom stereocenters. The Kier molecular flexibility index (Phi) is 11.6. The highest BCUT2D eigenvalue weighted by Crippen LogP contribution is 2.28. The number of hydrogen-bond donors (Lipinski definition) is 1. The molecule has 1 aromatic heterocycles. The van der Waals surface area contributed by atoms with E-state index < -0.39 is 0 Å². The maximum absolute atomic E-state index is 13.6. The monoisotopic (exact) mass is 553 g/mol. The van der Waals surface area contributed by atoms with Crippen molar-refractivity contribution >= 4 is 29.0 Å². The summed E-state index contributed by atoms with van der Waals surface area (Å²) in [5.74, 6) is 1.18. The molecule has 0 aliphatic heterocycles. The van der Waals surface area contributed by atoms with Gasteiger partial charge in [0.05, 0.1) is 27.4 Å². The zero-order chi connectivity index (χ0) is 28.2. The molecule has 0 aliphatic carbocycles. The topological polar surface area (TPSA) is 80.3 Å². The molecule has 0 atom stereocenters. The van der Waals surface area contributed by atoms with Crippen LogP contribution in [-0.2, 0) is 28.9 Å². The van der Waals surface area contributed by atoms with Crippen LogP contribution in [0.25, 0.3) is 0 Å². The lowest BCUT2D eigenvalue weighted by atomic mass is 10.1. The van der Waals surface area contributed by atoms with Gasteiger partial charge in [0.15, 0.2) is 11.5 Å². The molecular formula is C30H39N3O5S. The summed E-state index contributed by atoms with van der Waals surface area (Å²) in [5, 5.41) is 2.92. The Morgan fingerprint density at radius 1 is 0.872 bits per heavy atom. The van der Waals surface area contributed by atoms with E-state index in [9.17, 15) is 9.59 Å². The predicted octanol–water partition coefficient (Wildman–Crippen LogP) is 5.39. The molecule has 3 amide bonds. The van der Waals surface area contributed by atoms with E-state index in [0.29, 0.717) is 49.8 Å². The van der Waals surface area contributed by atoms with E-state index in [0.717, 1.165) is 16.9 Å². The first-order valence-corrected chi connectivity index (χ1v) is 13.9. The highest BCUT2D eigenvalue weighted by molar-refractivity contribution is 7.11. The van der Waals surface area contributed by atoms with Gasteiger partial charge in [0, 0.05) is 35.6 Å². The molecule has 0 radical (unpaired) electrons. The number of ether oxygens (including phenoxy) is 3. The Labute approximate surface area is 235 Å². The highest BCUT2D eigenvalue weighted by Gasteiger charge is 2.22. The van der Waals surface area contributed by atoms with E-state index in [1.165, 1.54) is 15.3 Å². The fraction of sp³-hybridized carbons (Fsp3) is 0.400. The molecule has 3 rings (SSSR count). The van der Waals surface area contributed by atoms with Crippen molar-refractivity contribution in [2.45, 2.75) is 33.2 Å². The second-order valence-electron chi connectivity index (χ2n) is 9.16. The van der Waals surface area contributed by atoms with Crippen molar-refractivity contribution in [3.05, 3.63) is 75.5 Å². The summed E-state index contributed by atoms with van der Waals surface area (Å²) in [6.07, 6.45) is 1.55. The predicted molar refractivity (Wildman–Crippen MR) is 156 cm³/mol. The van der Waals surface area contributed by atoms with Crippen molar-refractivity contribution in [2.75, 3.05) is 52.9 Å². The van der Waals surface area contributed by atoms with Crippen LogP contribution in [0.15, 0.2) is 54.6 Å². The Morgan fingerprint density at radius 2 is 1.59 bits per heavy atom. The zero-order valence-corrected chi connectivity index (χ0v) is 24.3. The number of nitrogens with zero attached hydrogens (tertiary/aromatic N) is 2. The molecule has 210 valence electrons. The maximum atomic E-state index is 13.6. The lowest BCUT2D eigenvalue weighted by Gasteiger charge is -2.28. The minimum Gasteiger partial charge on any atom is -0.493 e. The summed E-state index contributed by atoms with van der Waals surface area (Å²) in [6.45, 7) is 5.66. The largest absolute Gasteiger partial charge is 0.493 e. The average Bonchev–Trinajstić information content (AvgIpc) is 3.37. The smallest absolute Gasteiger partial charge is 0.322 e. The second kappa shape index (κ2) is 15.1. The van der Waals surface area contributed by atoms with E-state index >= 15 is 0 Å². The van der Waals surface area contributed by atoms with Crippen molar-refractivity contribution in [3.63, 3.8) is 0 Å². The third-order valence-electron chi connectivity index (χ3n) is 6.41. The van der Waals surface area contributed by atoms with E-state index in [1.54, 1.807) is 32.7 Å². The number of nitrogens with one attached hydrogen (secondary N) is 1. The Hall–Kier alpha value is -3.56. The first-order valence-electron chi connectivity index (χ1n) is 13.0. The summed E-state index contributed by atoms with van der Waals surface area (Å²) < 4.78 is 16.0. The van der Waals surface area contributed by atoms with E-state index in [-0.39, 0.29) is 18.5 Å². The summed E-state index contributed by atoms with van der Waals surface area (Å²) in [5.41, 5.74) is 2.90. The number of hydrogen-bond acceptors (Lipinski definition) is 6. The van der Waals surface area contributed by atoms with Gasteiger partial charge in [-0.2, -0.15) is 0 Å². The van der Waals surface area contributed by atoms with Gasteiger partial charge in [-0.1, -0.05) is 25.1 Å². The normalized spacial score (nSPS) is 10.7. The molecular weight excluding hydrogens is 514 g/mol. The van der Waals surface area contributed by atoms with Crippen LogP contribution in [0, 0.1) is 6.92 Å². The number of urea groups is 1. The van der Waals surface area contributed by atoms with Crippen LogP contribution in [0.5, 0.6) is 11.5 Å². The highest BCUT2D eigenvalue weighted by atomic mass is 32.1. The fourth-order valence-corrected chi connectivity index (χ4v) is 5.00. The molecule has 2 aromatic carbocycles. The van der Waals surface area contributed by atoms with Crippen LogP contribution >= 0.6 is 11.3 Å². The van der Waals surface area contributed by atoms with Gasteiger partial charge < -0.3 is 29.3 Å². The van der Waals surface area contributed by atoms with Gasteiger partial charge in [0.2, 0.25) is 5.91 Å². The Balaban J connectivity index is 1.74. The molecule has 1 N–H and O–H groups in total. The van der Waals surface area contributed by atoms with Crippen LogP contribution in [0.1, 0.15) is 27.8 Å². The van der Waals surface area contributed by atoms with Gasteiger partial charge in [0.1, 0.15) is 6.54 Å². The summed E-state index contributed by atoms with van der Waals surface area (Å²) in [4.78, 5) is 32.4. The lowest BCUT2D eigenvalue weighted by Crippen LogP contribution is -2.46. The van der Waals surface area contributed by atoms with Crippen LogP contribution < -0.4 is 14.8 Å². The van der Waals surface area contributed by atoms with Gasteiger partial charge in [0.25, 0.3) is 0 Å². The Bertz CT molecular complexity index is 1210. The molecule has 3 aromatic rings. The van der Waals surface area contributed by atoms with Gasteiger partial charge in [-0.3, -0.25) is 4.79 Å². The van der Waals surface area contributed by atoms with Crippen molar-refractivity contribution in [3.8, 4) is 11.5 Å². The summed E-state index contributed by atoms with van der Waals surface area (Å²) >= 11 is 1.67. The van der Waals surface area contributed by atoms with Gasteiger partial charge in [-0.15, -0.1) is 11.3 Å². The first-order chi connectivity index (χ1) is 18.9. The van der Waals surface area contributed by atoms with Crippen molar-refractivity contribution < 1.29 is 23.8 Å². The number of carbonyl (C=O) groups excluding carboxylic acids is 2. The minimum absolute atomic E-state index is 0.0570. The number of anilines is 1. The van der Waals surface area contributed by atoms with Gasteiger partial charge >= 0.3 is 6.03 Å². The molecule has 0 spiro atoms. The quantitative estimate of drug-likeness (QED) is 0.290. The summed E-state index contributed by atoms with van der Waals surface area (Å²) in [6, 6.07) is 17.3. The summed E-state index contributed by atoms with van der Waals surface area (Å²) in [7, 11) is 4.79. The number of aryl methyl sites for hydroxylation is 2. The molecule has 9 heteroatoms. The minimum atomic E-state index is -0.337. The first kappa shape index (κ1) is 30.0. The number of carbonyl (C=O) groups is 2. The van der Waals surface area contributed by atoms with Crippen LogP contribution in [0.2, 0.25) is 0 Å². The number of rotatable bonds is 14. The van der Waals surface area contributed by atoms with E-state index in [4.69, 9.17) is 14.2 Å². The standard InChI is InChI=1S/C30H39N3O5S/c1-6-23-8-11-25(12-9-23)31-30(35)33(17-18-36-3)21-29(34)32(20-26-13-7-22(2)39-26)16-15-24-10-14-27(37-4)28(19-24)38-5/h7-14,19H,6,15-18,20-21H2,1-5H3,(H,31,35). The molecule has 0 fully saturated rings. The zero-order valence-electron chi connectivity index (χ0n) is 23.5. The maximum Gasteiger partial charge on any atom is 0.322 e. The van der Waals surface area contributed by atoms with Crippen molar-refractivity contribution in [2.24, 2.45) is 0 Å². The molecule has 39 heavy (non-hydrogen) atoms. The molecule has 0 saturated carbocycles. The van der Waals surface area contributed by atoms with E-state index in [2.05, 4.69) is 18.3 Å². The Morgan fingerprint density at radius 3 is 2.21 bits per heavy atom. The number of amides is 3. The third-order valence-corrected chi connectivity index (χ3v) is 7.39. The SMILES string of the molecule is CCc1ccc(NC(=O)N(CCOC)CC(=O)N(CCc2ccc(OC)c(OC)c2)Cc2ccc(C)s2)cc1. The number of methoxy groups -OCH3 is 3. The number of thiophene rings is 1. The van der Waals surface area contributed by atoms with Crippen molar-refractivity contribution in [1.29, 1.82) is 0 Å². The van der Waals surface area contributed by atoms with Crippen molar-refractivity contribution in [1.82, 2.24) is 9.80 Å². The van der Waals surface area contributed by atoms with Gasteiger partial charge in [-0.05, 0) is 67.3 Å². The molecule has 1 heterocycles. The molecule has 0 bridgehead atoms. The average molecular weight is 554 g/mol. The third kappa shape index (κ3) is 9.01. The molecule has 0 saturated heterocycles. The van der Waals surface area contributed by atoms with Crippen LogP contribution in [0.4, 0.5) is 10.5 Å². The van der Waals surface area contributed by atoms with Gasteiger partial charge in [-0.25, -0.2) is 4.79 Å². The van der Waals surface area contributed by atoms with E-state index in [1.807, 2.05) is 60.4 Å². The molecule has 0 aliphatic rings. The number of benzene rings is 2. The second-order valence-corrected chi connectivity index (χ2v) is 10.5. The molecule has 8 nitrogen and oxygen atoms in total. The van der Waals surface area contributed by atoms with Crippen LogP contribution in [0.3, 0.4) is 0 Å². The van der Waals surface area contributed by atoms with Crippen LogP contribution in [-0.4, -0.2) is 69.3 Å². The lowest BCUT2D eigenvalue weighted by molar-refractivity contribution is -0.132. The fourth-order valence-electron chi connectivity index (χ4n) is 4.09.